The molecule has 0 aromatic heterocycles. The number of nitrogens with zero attached hydrogens (tertiary/aromatic N) is 1. The number of halogens is 2. The van der Waals surface area contributed by atoms with Crippen LogP contribution in [0.2, 0.25) is 0 Å². The Balaban J connectivity index is 3.31. The Bertz CT molecular complexity index is 317. The molecule has 0 radical (unpaired) electrons. The highest BCUT2D eigenvalue weighted by atomic mass is 19.1. The lowest BCUT2D eigenvalue weighted by Crippen LogP contribution is -2.00. The van der Waals surface area contributed by atoms with Crippen molar-refractivity contribution >= 4 is 5.69 Å². The van der Waals surface area contributed by atoms with Gasteiger partial charge < -0.3 is 5.11 Å². The summed E-state index contributed by atoms with van der Waals surface area (Å²) in [6, 6.07) is 0.761. The minimum absolute atomic E-state index is 0.380. The van der Waals surface area contributed by atoms with Gasteiger partial charge in [-0.15, -0.1) is 0 Å². The van der Waals surface area contributed by atoms with Gasteiger partial charge in [-0.25, -0.2) is 8.78 Å². The van der Waals surface area contributed by atoms with Gasteiger partial charge in [0, 0.05) is 0 Å². The molecule has 0 saturated heterocycles. The minimum atomic E-state index is -1.46. The molecule has 0 atom stereocenters. The standard InChI is InChI=1S/C6H3F2NO3/c7-4-1-3(9(11)12)2-5(8)6(4)10/h1-2,10H/p-1. The maximum atomic E-state index is 12.3. The lowest BCUT2D eigenvalue weighted by molar-refractivity contribution is -0.385. The van der Waals surface area contributed by atoms with Crippen LogP contribution in [0.15, 0.2) is 12.1 Å². The van der Waals surface area contributed by atoms with Crippen LogP contribution < -0.4 is 5.11 Å². The highest BCUT2D eigenvalue weighted by molar-refractivity contribution is 5.37. The van der Waals surface area contributed by atoms with Crippen molar-refractivity contribution in [2.24, 2.45) is 0 Å². The van der Waals surface area contributed by atoms with Gasteiger partial charge in [-0.3, -0.25) is 10.1 Å². The fourth-order valence-corrected chi connectivity index (χ4v) is 0.652. The average molecular weight is 174 g/mol. The van der Waals surface area contributed by atoms with Crippen LogP contribution in [0.5, 0.6) is 5.75 Å². The third-order valence-electron chi connectivity index (χ3n) is 1.19. The van der Waals surface area contributed by atoms with Crippen LogP contribution in [0.25, 0.3) is 0 Å². The molecular weight excluding hydrogens is 172 g/mol. The summed E-state index contributed by atoms with van der Waals surface area (Å²) in [7, 11) is 0. The number of non-ortho nitro benzene ring substituents is 1. The summed E-state index contributed by atoms with van der Waals surface area (Å²) in [6.07, 6.45) is 0. The van der Waals surface area contributed by atoms with Gasteiger partial charge in [0.1, 0.15) is 11.6 Å². The Morgan fingerprint density at radius 1 is 1.25 bits per heavy atom. The first-order chi connectivity index (χ1) is 5.52. The van der Waals surface area contributed by atoms with Crippen molar-refractivity contribution in [2.45, 2.75) is 0 Å². The van der Waals surface area contributed by atoms with Gasteiger partial charge in [-0.1, -0.05) is 0 Å². The van der Waals surface area contributed by atoms with Gasteiger partial charge >= 0.3 is 0 Å². The maximum Gasteiger partial charge on any atom is 0.275 e. The second-order valence-corrected chi connectivity index (χ2v) is 2.00. The zero-order valence-corrected chi connectivity index (χ0v) is 5.58. The summed E-state index contributed by atoms with van der Waals surface area (Å²) in [4.78, 5) is 9.01. The van der Waals surface area contributed by atoms with Crippen molar-refractivity contribution < 1.29 is 18.8 Å². The fourth-order valence-electron chi connectivity index (χ4n) is 0.652. The average Bonchev–Trinajstić information content (AvgIpc) is 1.99. The van der Waals surface area contributed by atoms with Gasteiger partial charge in [0.15, 0.2) is 0 Å². The molecule has 0 aliphatic carbocycles. The molecule has 6 heteroatoms. The topological polar surface area (TPSA) is 66.2 Å². The smallest absolute Gasteiger partial charge is 0.275 e. The van der Waals surface area contributed by atoms with Gasteiger partial charge in [0.05, 0.1) is 17.1 Å². The van der Waals surface area contributed by atoms with Crippen LogP contribution in [-0.4, -0.2) is 4.92 Å². The van der Waals surface area contributed by atoms with Crippen LogP contribution in [-0.2, 0) is 0 Å². The van der Waals surface area contributed by atoms with E-state index in [1.165, 1.54) is 0 Å². The molecule has 0 unspecified atom stereocenters. The second kappa shape index (κ2) is 2.72. The molecule has 0 amide bonds. The van der Waals surface area contributed by atoms with Gasteiger partial charge in [-0.2, -0.15) is 0 Å². The van der Waals surface area contributed by atoms with E-state index in [-0.39, 0.29) is 0 Å². The number of nitro groups is 1. The summed E-state index contributed by atoms with van der Waals surface area (Å²) in [5.41, 5.74) is -0.774. The molecule has 1 aromatic rings. The molecule has 0 aliphatic heterocycles. The Labute approximate surface area is 65.2 Å². The molecule has 0 spiro atoms. The van der Waals surface area contributed by atoms with Crippen LogP contribution in [0.4, 0.5) is 14.5 Å². The predicted molar refractivity (Wildman–Crippen MR) is 32.5 cm³/mol. The molecule has 0 fully saturated rings. The molecule has 0 saturated carbocycles. The monoisotopic (exact) mass is 174 g/mol. The van der Waals surface area contributed by atoms with Crippen molar-refractivity contribution in [3.8, 4) is 5.75 Å². The summed E-state index contributed by atoms with van der Waals surface area (Å²) in [5, 5.41) is 20.4. The third-order valence-corrected chi connectivity index (χ3v) is 1.19. The zero-order chi connectivity index (χ0) is 9.30. The van der Waals surface area contributed by atoms with Gasteiger partial charge in [0.25, 0.3) is 5.69 Å². The molecule has 64 valence electrons. The summed E-state index contributed by atoms with van der Waals surface area (Å²) >= 11 is 0. The SMILES string of the molecule is O=[N+]([O-])c1cc(F)c([O-])c(F)c1. The van der Waals surface area contributed by atoms with Crippen molar-refractivity contribution in [3.63, 3.8) is 0 Å². The van der Waals surface area contributed by atoms with E-state index in [1.54, 1.807) is 0 Å². The van der Waals surface area contributed by atoms with Crippen molar-refractivity contribution in [1.29, 1.82) is 0 Å². The minimum Gasteiger partial charge on any atom is -0.869 e. The number of hydrogen-bond donors (Lipinski definition) is 0. The van der Waals surface area contributed by atoms with Crippen molar-refractivity contribution in [2.75, 3.05) is 0 Å². The molecule has 1 rings (SSSR count). The maximum absolute atomic E-state index is 12.3. The van der Waals surface area contributed by atoms with E-state index in [4.69, 9.17) is 0 Å². The quantitative estimate of drug-likeness (QED) is 0.470. The molecular formula is C6H2F2NO3-. The van der Waals surface area contributed by atoms with Crippen LogP contribution in [0, 0.1) is 21.7 Å². The van der Waals surface area contributed by atoms with Crippen LogP contribution >= 0.6 is 0 Å². The molecule has 1 aromatic carbocycles. The van der Waals surface area contributed by atoms with Gasteiger partial charge in [0.2, 0.25) is 0 Å². The third kappa shape index (κ3) is 1.31. The molecule has 12 heavy (non-hydrogen) atoms. The van der Waals surface area contributed by atoms with E-state index < -0.39 is 28.0 Å². The van der Waals surface area contributed by atoms with Crippen molar-refractivity contribution in [3.05, 3.63) is 33.9 Å². The van der Waals surface area contributed by atoms with E-state index in [0.29, 0.717) is 12.1 Å². The summed E-state index contributed by atoms with van der Waals surface area (Å²) in [5.74, 6) is -4.37. The number of rotatable bonds is 1. The first-order valence-electron chi connectivity index (χ1n) is 2.83. The largest absolute Gasteiger partial charge is 0.869 e. The summed E-state index contributed by atoms with van der Waals surface area (Å²) < 4.78 is 24.7. The van der Waals surface area contributed by atoms with E-state index in [2.05, 4.69) is 0 Å². The van der Waals surface area contributed by atoms with Crippen LogP contribution in [0.1, 0.15) is 0 Å². The van der Waals surface area contributed by atoms with E-state index >= 15 is 0 Å². The van der Waals surface area contributed by atoms with Gasteiger partial charge in [-0.05, 0) is 5.75 Å². The second-order valence-electron chi connectivity index (χ2n) is 2.00. The van der Waals surface area contributed by atoms with E-state index in [1.807, 2.05) is 0 Å². The first-order valence-corrected chi connectivity index (χ1v) is 2.83. The lowest BCUT2D eigenvalue weighted by Gasteiger charge is -2.06. The molecule has 0 heterocycles. The van der Waals surface area contributed by atoms with Crippen LogP contribution in [0.3, 0.4) is 0 Å². The molecule has 0 bridgehead atoms. The van der Waals surface area contributed by atoms with E-state index in [0.717, 1.165) is 0 Å². The predicted octanol–water partition coefficient (Wildman–Crippen LogP) is 0.947. The Kier molecular flexibility index (Phi) is 1.90. The fraction of sp³-hybridized carbons (Fsp3) is 0. The van der Waals surface area contributed by atoms with Crippen molar-refractivity contribution in [1.82, 2.24) is 0 Å². The highest BCUT2D eigenvalue weighted by Crippen LogP contribution is 2.22. The summed E-state index contributed by atoms with van der Waals surface area (Å²) in [6.45, 7) is 0. The highest BCUT2D eigenvalue weighted by Gasteiger charge is 2.10. The number of benzene rings is 1. The lowest BCUT2D eigenvalue weighted by atomic mass is 10.3. The molecule has 0 aliphatic rings. The Morgan fingerprint density at radius 2 is 1.67 bits per heavy atom. The normalized spacial score (nSPS) is 9.83. The number of hydrogen-bond acceptors (Lipinski definition) is 3. The van der Waals surface area contributed by atoms with E-state index in [9.17, 15) is 24.0 Å². The zero-order valence-electron chi connectivity index (χ0n) is 5.58. The first kappa shape index (κ1) is 8.38. The Morgan fingerprint density at radius 3 is 2.00 bits per heavy atom. The Hall–Kier alpha value is -1.72. The molecule has 4 nitrogen and oxygen atoms in total. The molecule has 0 N–H and O–H groups in total. The number of nitro benzene ring substituents is 1.